The monoisotopic (exact) mass is 247 g/mol. The summed E-state index contributed by atoms with van der Waals surface area (Å²) in [5.41, 5.74) is 1.18. The Hall–Kier alpha value is -1.06. The normalized spacial score (nSPS) is 29.7. The van der Waals surface area contributed by atoms with Gasteiger partial charge >= 0.3 is 0 Å². The second-order valence-corrected chi connectivity index (χ2v) is 5.88. The minimum atomic E-state index is -0.106. The van der Waals surface area contributed by atoms with Crippen molar-refractivity contribution in [3.05, 3.63) is 29.8 Å². The van der Waals surface area contributed by atoms with Gasteiger partial charge in [0.25, 0.3) is 0 Å². The Morgan fingerprint density at radius 2 is 2.11 bits per heavy atom. The molecule has 0 radical (unpaired) electrons. The number of hydrogen-bond acceptors (Lipinski definition) is 3. The van der Waals surface area contributed by atoms with E-state index in [1.807, 2.05) is 6.07 Å². The van der Waals surface area contributed by atoms with E-state index >= 15 is 0 Å². The summed E-state index contributed by atoms with van der Waals surface area (Å²) in [5.74, 6) is 1.02. The van der Waals surface area contributed by atoms with Crippen LogP contribution in [0.15, 0.2) is 24.3 Å². The zero-order chi connectivity index (χ0) is 12.6. The van der Waals surface area contributed by atoms with Gasteiger partial charge in [-0.05, 0) is 26.3 Å². The molecule has 0 aromatic heterocycles. The molecule has 1 aromatic carbocycles. The van der Waals surface area contributed by atoms with Crippen LogP contribution in [0, 0.1) is 0 Å². The second-order valence-electron chi connectivity index (χ2n) is 5.88. The van der Waals surface area contributed by atoms with Gasteiger partial charge in [-0.25, -0.2) is 0 Å². The van der Waals surface area contributed by atoms with Crippen molar-refractivity contribution in [2.45, 2.75) is 44.4 Å². The van der Waals surface area contributed by atoms with Gasteiger partial charge in [0, 0.05) is 30.7 Å². The van der Waals surface area contributed by atoms with Crippen LogP contribution in [0.5, 0.6) is 5.75 Å². The van der Waals surface area contributed by atoms with Crippen molar-refractivity contribution in [3.63, 3.8) is 0 Å². The maximum atomic E-state index is 6.04. The van der Waals surface area contributed by atoms with Gasteiger partial charge < -0.3 is 14.8 Å². The molecule has 1 aromatic rings. The molecule has 2 heterocycles. The molecule has 3 nitrogen and oxygen atoms in total. The third-order valence-corrected chi connectivity index (χ3v) is 3.74. The number of para-hydroxylation sites is 1. The summed E-state index contributed by atoms with van der Waals surface area (Å²) in [6.07, 6.45) is 2.11. The van der Waals surface area contributed by atoms with Crippen LogP contribution < -0.4 is 10.1 Å². The highest BCUT2D eigenvalue weighted by Gasteiger charge is 2.34. The number of benzene rings is 1. The van der Waals surface area contributed by atoms with E-state index in [2.05, 4.69) is 37.4 Å². The standard InChI is InChI=1S/C15H21NO2/c1-15(2)9-13(16-11-7-8-17-10-11)12-5-3-4-6-14(12)18-15/h3-6,11,13,16H,7-10H2,1-2H3. The largest absolute Gasteiger partial charge is 0.487 e. The Morgan fingerprint density at radius 1 is 1.28 bits per heavy atom. The third kappa shape index (κ3) is 2.38. The topological polar surface area (TPSA) is 30.5 Å². The molecule has 1 N–H and O–H groups in total. The zero-order valence-electron chi connectivity index (χ0n) is 11.1. The predicted octanol–water partition coefficient (Wildman–Crippen LogP) is 2.67. The molecule has 3 rings (SSSR count). The Kier molecular flexibility index (Phi) is 3.04. The van der Waals surface area contributed by atoms with E-state index in [4.69, 9.17) is 9.47 Å². The maximum Gasteiger partial charge on any atom is 0.124 e. The van der Waals surface area contributed by atoms with Crippen LogP contribution in [0.4, 0.5) is 0 Å². The van der Waals surface area contributed by atoms with E-state index in [-0.39, 0.29) is 5.60 Å². The summed E-state index contributed by atoms with van der Waals surface area (Å²) in [6.45, 7) is 6.03. The fourth-order valence-electron chi connectivity index (χ4n) is 2.90. The molecule has 18 heavy (non-hydrogen) atoms. The third-order valence-electron chi connectivity index (χ3n) is 3.74. The van der Waals surface area contributed by atoms with Crippen LogP contribution in [-0.2, 0) is 4.74 Å². The minimum absolute atomic E-state index is 0.106. The summed E-state index contributed by atoms with van der Waals surface area (Å²) in [7, 11) is 0. The quantitative estimate of drug-likeness (QED) is 0.871. The molecule has 1 fully saturated rings. The van der Waals surface area contributed by atoms with Gasteiger partial charge in [0.15, 0.2) is 0 Å². The van der Waals surface area contributed by atoms with Crippen LogP contribution in [0.25, 0.3) is 0 Å². The second kappa shape index (κ2) is 4.56. The molecule has 0 saturated carbocycles. The Balaban J connectivity index is 1.84. The molecule has 0 aliphatic carbocycles. The summed E-state index contributed by atoms with van der Waals surface area (Å²) in [4.78, 5) is 0. The van der Waals surface area contributed by atoms with E-state index in [1.165, 1.54) is 5.56 Å². The molecule has 0 bridgehead atoms. The molecule has 0 spiro atoms. The smallest absolute Gasteiger partial charge is 0.124 e. The lowest BCUT2D eigenvalue weighted by atomic mass is 9.89. The molecule has 1 saturated heterocycles. The Bertz CT molecular complexity index is 424. The van der Waals surface area contributed by atoms with Crippen LogP contribution in [0.2, 0.25) is 0 Å². The van der Waals surface area contributed by atoms with Crippen LogP contribution in [0.1, 0.15) is 38.3 Å². The first-order chi connectivity index (χ1) is 8.64. The molecule has 3 heteroatoms. The molecule has 0 amide bonds. The molecular weight excluding hydrogens is 226 g/mol. The van der Waals surface area contributed by atoms with Gasteiger partial charge in [0.2, 0.25) is 0 Å². The minimum Gasteiger partial charge on any atom is -0.487 e. The summed E-state index contributed by atoms with van der Waals surface area (Å²) >= 11 is 0. The number of hydrogen-bond donors (Lipinski definition) is 1. The van der Waals surface area contributed by atoms with Crippen molar-refractivity contribution in [1.29, 1.82) is 0 Å². The first kappa shape index (κ1) is 12.0. The van der Waals surface area contributed by atoms with E-state index in [0.717, 1.165) is 31.8 Å². The molecule has 2 atom stereocenters. The number of ether oxygens (including phenoxy) is 2. The van der Waals surface area contributed by atoms with Crippen molar-refractivity contribution >= 4 is 0 Å². The molecule has 2 aliphatic rings. The van der Waals surface area contributed by atoms with Crippen molar-refractivity contribution < 1.29 is 9.47 Å². The van der Waals surface area contributed by atoms with Gasteiger partial charge in [0.1, 0.15) is 11.4 Å². The van der Waals surface area contributed by atoms with Crippen LogP contribution in [-0.4, -0.2) is 24.9 Å². The molecular formula is C15H21NO2. The Morgan fingerprint density at radius 3 is 2.89 bits per heavy atom. The van der Waals surface area contributed by atoms with Crippen LogP contribution >= 0.6 is 0 Å². The van der Waals surface area contributed by atoms with E-state index in [9.17, 15) is 0 Å². The highest BCUT2D eigenvalue weighted by atomic mass is 16.5. The van der Waals surface area contributed by atoms with Crippen molar-refractivity contribution in [2.75, 3.05) is 13.2 Å². The van der Waals surface area contributed by atoms with Gasteiger partial charge in [-0.1, -0.05) is 18.2 Å². The average Bonchev–Trinajstić information content (AvgIpc) is 2.80. The first-order valence-corrected chi connectivity index (χ1v) is 6.76. The summed E-state index contributed by atoms with van der Waals surface area (Å²) in [5, 5.41) is 3.72. The highest BCUT2D eigenvalue weighted by molar-refractivity contribution is 5.38. The lowest BCUT2D eigenvalue weighted by molar-refractivity contribution is 0.0629. The fraction of sp³-hybridized carbons (Fsp3) is 0.600. The van der Waals surface area contributed by atoms with E-state index < -0.39 is 0 Å². The molecule has 98 valence electrons. The van der Waals surface area contributed by atoms with Crippen molar-refractivity contribution in [3.8, 4) is 5.75 Å². The fourth-order valence-corrected chi connectivity index (χ4v) is 2.90. The van der Waals surface area contributed by atoms with E-state index in [1.54, 1.807) is 0 Å². The predicted molar refractivity (Wildman–Crippen MR) is 70.9 cm³/mol. The van der Waals surface area contributed by atoms with Gasteiger partial charge in [-0.3, -0.25) is 0 Å². The van der Waals surface area contributed by atoms with Gasteiger partial charge in [0.05, 0.1) is 6.61 Å². The number of nitrogens with one attached hydrogen (secondary N) is 1. The molecule has 2 aliphatic heterocycles. The summed E-state index contributed by atoms with van der Waals surface area (Å²) < 4.78 is 11.5. The lowest BCUT2D eigenvalue weighted by Crippen LogP contribution is -2.42. The highest BCUT2D eigenvalue weighted by Crippen LogP contribution is 2.39. The Labute approximate surface area is 108 Å². The molecule has 2 unspecified atom stereocenters. The lowest BCUT2D eigenvalue weighted by Gasteiger charge is -2.38. The number of rotatable bonds is 2. The van der Waals surface area contributed by atoms with Gasteiger partial charge in [-0.2, -0.15) is 0 Å². The zero-order valence-corrected chi connectivity index (χ0v) is 11.1. The van der Waals surface area contributed by atoms with Crippen molar-refractivity contribution in [1.82, 2.24) is 5.32 Å². The average molecular weight is 247 g/mol. The van der Waals surface area contributed by atoms with Crippen molar-refractivity contribution in [2.24, 2.45) is 0 Å². The maximum absolute atomic E-state index is 6.04. The summed E-state index contributed by atoms with van der Waals surface area (Å²) in [6, 6.07) is 9.21. The SMILES string of the molecule is CC1(C)CC(NC2CCOC2)c2ccccc2O1. The van der Waals surface area contributed by atoms with Crippen LogP contribution in [0.3, 0.4) is 0 Å². The first-order valence-electron chi connectivity index (χ1n) is 6.76. The number of fused-ring (bicyclic) bond motifs is 1. The van der Waals surface area contributed by atoms with E-state index in [0.29, 0.717) is 12.1 Å². The van der Waals surface area contributed by atoms with Gasteiger partial charge in [-0.15, -0.1) is 0 Å².